The number of benzene rings is 2. The smallest absolute Gasteiger partial charge is 0.191 e. The third-order valence-electron chi connectivity index (χ3n) is 5.00. The molecule has 0 saturated carbocycles. The molecule has 2 heterocycles. The molecule has 0 radical (unpaired) electrons. The van der Waals surface area contributed by atoms with Gasteiger partial charge >= 0.3 is 0 Å². The first-order valence-electron chi connectivity index (χ1n) is 9.73. The molecule has 1 atom stereocenters. The summed E-state index contributed by atoms with van der Waals surface area (Å²) in [4.78, 5) is 12.4. The SMILES string of the molecule is CN=C(NCCc1nc2ccccc2[nH]1)NC1CC(C)(C)Oc2ccccc21. The Morgan fingerprint density at radius 3 is 2.82 bits per heavy atom. The Hall–Kier alpha value is -3.02. The lowest BCUT2D eigenvalue weighted by Gasteiger charge is -2.38. The summed E-state index contributed by atoms with van der Waals surface area (Å²) < 4.78 is 6.12. The van der Waals surface area contributed by atoms with Gasteiger partial charge in [0.1, 0.15) is 17.2 Å². The third-order valence-corrected chi connectivity index (χ3v) is 5.00. The standard InChI is InChI=1S/C22H27N5O/c1-22(2)14-18(15-8-4-7-11-19(15)28-22)27-21(23-3)24-13-12-20-25-16-9-5-6-10-17(16)26-20/h4-11,18H,12-14H2,1-3H3,(H,25,26)(H2,23,24,27). The highest BCUT2D eigenvalue weighted by Crippen LogP contribution is 2.39. The van der Waals surface area contributed by atoms with Crippen LogP contribution in [0, 0.1) is 0 Å². The number of para-hydroxylation sites is 3. The van der Waals surface area contributed by atoms with Crippen LogP contribution < -0.4 is 15.4 Å². The summed E-state index contributed by atoms with van der Waals surface area (Å²) in [6, 6.07) is 16.4. The van der Waals surface area contributed by atoms with E-state index in [1.54, 1.807) is 7.05 Å². The highest BCUT2D eigenvalue weighted by atomic mass is 16.5. The van der Waals surface area contributed by atoms with Gasteiger partial charge in [-0.3, -0.25) is 4.99 Å². The normalized spacial score (nSPS) is 18.4. The van der Waals surface area contributed by atoms with Crippen molar-refractivity contribution in [3.63, 3.8) is 0 Å². The van der Waals surface area contributed by atoms with Gasteiger partial charge in [-0.2, -0.15) is 0 Å². The molecule has 2 aromatic carbocycles. The molecule has 1 unspecified atom stereocenters. The summed E-state index contributed by atoms with van der Waals surface area (Å²) in [5.41, 5.74) is 3.02. The van der Waals surface area contributed by atoms with Crippen LogP contribution in [0.1, 0.15) is 37.7 Å². The molecule has 28 heavy (non-hydrogen) atoms. The second-order valence-electron chi connectivity index (χ2n) is 7.75. The molecule has 0 saturated heterocycles. The Bertz CT molecular complexity index is 958. The molecule has 6 nitrogen and oxygen atoms in total. The number of imidazole rings is 1. The van der Waals surface area contributed by atoms with Crippen LogP contribution in [-0.4, -0.2) is 35.1 Å². The molecule has 4 rings (SSSR count). The number of H-pyrrole nitrogens is 1. The summed E-state index contributed by atoms with van der Waals surface area (Å²) in [5, 5.41) is 6.96. The Morgan fingerprint density at radius 2 is 2.00 bits per heavy atom. The summed E-state index contributed by atoms with van der Waals surface area (Å²) in [5.74, 6) is 2.70. The van der Waals surface area contributed by atoms with Gasteiger partial charge < -0.3 is 20.4 Å². The van der Waals surface area contributed by atoms with E-state index in [-0.39, 0.29) is 11.6 Å². The van der Waals surface area contributed by atoms with Gasteiger partial charge in [-0.15, -0.1) is 0 Å². The van der Waals surface area contributed by atoms with Gasteiger partial charge in [0.05, 0.1) is 17.1 Å². The van der Waals surface area contributed by atoms with Gasteiger partial charge in [0.15, 0.2) is 5.96 Å². The molecule has 0 fully saturated rings. The van der Waals surface area contributed by atoms with Crippen molar-refractivity contribution < 1.29 is 4.74 Å². The van der Waals surface area contributed by atoms with E-state index in [0.29, 0.717) is 0 Å². The van der Waals surface area contributed by atoms with Crippen LogP contribution in [0.5, 0.6) is 5.75 Å². The number of guanidine groups is 1. The lowest BCUT2D eigenvalue weighted by Crippen LogP contribution is -2.45. The maximum absolute atomic E-state index is 6.12. The van der Waals surface area contributed by atoms with Gasteiger partial charge in [0.2, 0.25) is 0 Å². The number of nitrogens with one attached hydrogen (secondary N) is 3. The van der Waals surface area contributed by atoms with Crippen LogP contribution in [0.4, 0.5) is 0 Å². The van der Waals surface area contributed by atoms with Crippen LogP contribution in [0.2, 0.25) is 0 Å². The molecule has 1 aliphatic heterocycles. The fraction of sp³-hybridized carbons (Fsp3) is 0.364. The lowest BCUT2D eigenvalue weighted by molar-refractivity contribution is 0.0694. The molecule has 0 amide bonds. The van der Waals surface area contributed by atoms with Crippen molar-refractivity contribution in [2.45, 2.75) is 38.3 Å². The molecule has 0 aliphatic carbocycles. The maximum Gasteiger partial charge on any atom is 0.191 e. The average Bonchev–Trinajstić information content (AvgIpc) is 3.09. The van der Waals surface area contributed by atoms with Crippen LogP contribution in [0.3, 0.4) is 0 Å². The first kappa shape index (κ1) is 18.3. The number of ether oxygens (including phenoxy) is 1. The number of hydrogen-bond acceptors (Lipinski definition) is 3. The number of hydrogen-bond donors (Lipinski definition) is 3. The van der Waals surface area contributed by atoms with Crippen molar-refractivity contribution in [2.75, 3.05) is 13.6 Å². The number of aromatic amines is 1. The number of aliphatic imine (C=N–C) groups is 1. The Morgan fingerprint density at radius 1 is 1.21 bits per heavy atom. The predicted molar refractivity (Wildman–Crippen MR) is 113 cm³/mol. The number of aromatic nitrogens is 2. The zero-order chi connectivity index (χ0) is 19.6. The maximum atomic E-state index is 6.12. The minimum atomic E-state index is -0.223. The Kier molecular flexibility index (Phi) is 4.94. The zero-order valence-corrected chi connectivity index (χ0v) is 16.6. The van der Waals surface area contributed by atoms with Crippen LogP contribution in [-0.2, 0) is 6.42 Å². The fourth-order valence-corrected chi connectivity index (χ4v) is 3.71. The largest absolute Gasteiger partial charge is 0.487 e. The van der Waals surface area contributed by atoms with E-state index < -0.39 is 0 Å². The van der Waals surface area contributed by atoms with E-state index in [1.165, 1.54) is 5.56 Å². The Labute approximate surface area is 165 Å². The van der Waals surface area contributed by atoms with Crippen molar-refractivity contribution in [2.24, 2.45) is 4.99 Å². The molecule has 3 N–H and O–H groups in total. The van der Waals surface area contributed by atoms with Gasteiger partial charge in [-0.25, -0.2) is 4.98 Å². The predicted octanol–water partition coefficient (Wildman–Crippen LogP) is 3.57. The monoisotopic (exact) mass is 377 g/mol. The molecule has 0 spiro atoms. The van der Waals surface area contributed by atoms with Crippen molar-refractivity contribution in [3.05, 3.63) is 59.9 Å². The second kappa shape index (κ2) is 7.54. The van der Waals surface area contributed by atoms with Gasteiger partial charge in [0.25, 0.3) is 0 Å². The van der Waals surface area contributed by atoms with E-state index in [1.807, 2.05) is 42.5 Å². The quantitative estimate of drug-likeness (QED) is 0.480. The van der Waals surface area contributed by atoms with Gasteiger partial charge in [-0.1, -0.05) is 30.3 Å². The minimum absolute atomic E-state index is 0.150. The molecular weight excluding hydrogens is 350 g/mol. The summed E-state index contributed by atoms with van der Waals surface area (Å²) in [7, 11) is 1.80. The molecule has 6 heteroatoms. The first-order valence-corrected chi connectivity index (χ1v) is 9.73. The summed E-state index contributed by atoms with van der Waals surface area (Å²) in [6.07, 6.45) is 1.67. The molecular formula is C22H27N5O. The van der Waals surface area contributed by atoms with Crippen molar-refractivity contribution in [1.29, 1.82) is 0 Å². The average molecular weight is 377 g/mol. The number of rotatable bonds is 4. The van der Waals surface area contributed by atoms with Crippen LogP contribution >= 0.6 is 0 Å². The van der Waals surface area contributed by atoms with Crippen LogP contribution in [0.25, 0.3) is 11.0 Å². The summed E-state index contributed by atoms with van der Waals surface area (Å²) >= 11 is 0. The molecule has 146 valence electrons. The first-order chi connectivity index (χ1) is 13.5. The van der Waals surface area contributed by atoms with E-state index in [2.05, 4.69) is 45.5 Å². The minimum Gasteiger partial charge on any atom is -0.487 e. The van der Waals surface area contributed by atoms with Gasteiger partial charge in [-0.05, 0) is 32.0 Å². The van der Waals surface area contributed by atoms with E-state index in [4.69, 9.17) is 4.74 Å². The van der Waals surface area contributed by atoms with Crippen molar-refractivity contribution in [1.82, 2.24) is 20.6 Å². The van der Waals surface area contributed by atoms with E-state index in [9.17, 15) is 0 Å². The van der Waals surface area contributed by atoms with Gasteiger partial charge in [0, 0.05) is 32.0 Å². The lowest BCUT2D eigenvalue weighted by atomic mass is 9.90. The number of fused-ring (bicyclic) bond motifs is 2. The summed E-state index contributed by atoms with van der Waals surface area (Å²) in [6.45, 7) is 4.98. The topological polar surface area (TPSA) is 74.3 Å². The van der Waals surface area contributed by atoms with Crippen molar-refractivity contribution >= 4 is 17.0 Å². The zero-order valence-electron chi connectivity index (χ0n) is 16.6. The van der Waals surface area contributed by atoms with Crippen LogP contribution in [0.15, 0.2) is 53.5 Å². The highest BCUT2D eigenvalue weighted by Gasteiger charge is 2.33. The molecule has 0 bridgehead atoms. The van der Waals surface area contributed by atoms with E-state index >= 15 is 0 Å². The Balaban J connectivity index is 1.39. The molecule has 3 aromatic rings. The highest BCUT2D eigenvalue weighted by molar-refractivity contribution is 5.80. The fourth-order valence-electron chi connectivity index (χ4n) is 3.71. The van der Waals surface area contributed by atoms with E-state index in [0.717, 1.165) is 48.0 Å². The molecule has 1 aliphatic rings. The second-order valence-corrected chi connectivity index (χ2v) is 7.75. The molecule has 1 aromatic heterocycles. The van der Waals surface area contributed by atoms with Crippen molar-refractivity contribution in [3.8, 4) is 5.75 Å². The third kappa shape index (κ3) is 3.96. The number of nitrogens with zero attached hydrogens (tertiary/aromatic N) is 2.